The number of hydrogen-bond donors (Lipinski definition) is 3. The number of anilines is 1. The molecule has 0 bridgehead atoms. The molecule has 0 fully saturated rings. The summed E-state index contributed by atoms with van der Waals surface area (Å²) >= 11 is 0. The Bertz CT molecular complexity index is 508. The van der Waals surface area contributed by atoms with E-state index in [1.807, 2.05) is 0 Å². The number of nitrogens with zero attached hydrogens (tertiary/aromatic N) is 2. The first-order valence-corrected chi connectivity index (χ1v) is 6.91. The summed E-state index contributed by atoms with van der Waals surface area (Å²) < 4.78 is 30.2. The van der Waals surface area contributed by atoms with Crippen molar-refractivity contribution in [2.24, 2.45) is 5.84 Å². The van der Waals surface area contributed by atoms with Crippen molar-refractivity contribution in [3.63, 3.8) is 0 Å². The predicted molar refractivity (Wildman–Crippen MR) is 69.7 cm³/mol. The number of methoxy groups -OCH3 is 1. The van der Waals surface area contributed by atoms with Crippen molar-refractivity contribution in [3.05, 3.63) is 18.3 Å². The van der Waals surface area contributed by atoms with Gasteiger partial charge in [0.2, 0.25) is 10.0 Å². The number of likely N-dealkylation sites (N-methyl/N-ethyl adjacent to an activating group) is 1. The summed E-state index contributed by atoms with van der Waals surface area (Å²) in [6.07, 6.45) is 0.445. The van der Waals surface area contributed by atoms with Gasteiger partial charge in [-0.25, -0.2) is 19.2 Å². The molecule has 1 aromatic heterocycles. The van der Waals surface area contributed by atoms with Gasteiger partial charge in [0.1, 0.15) is 5.82 Å². The number of aliphatic hydroxyl groups excluding tert-OH is 1. The minimum atomic E-state index is -3.70. The number of nitrogens with two attached hydrogens (primary N) is 1. The van der Waals surface area contributed by atoms with Gasteiger partial charge in [0, 0.05) is 33.0 Å². The van der Waals surface area contributed by atoms with Crippen molar-refractivity contribution in [1.29, 1.82) is 0 Å². The fraction of sp³-hybridized carbons (Fsp3) is 0.500. The highest BCUT2D eigenvalue weighted by Gasteiger charge is 2.23. The molecule has 1 heterocycles. The fourth-order valence-electron chi connectivity index (χ4n) is 1.47. The molecule has 1 unspecified atom stereocenters. The highest BCUT2D eigenvalue weighted by atomic mass is 32.2. The maximum absolute atomic E-state index is 12.2. The van der Waals surface area contributed by atoms with E-state index in [-0.39, 0.29) is 23.9 Å². The summed E-state index contributed by atoms with van der Waals surface area (Å²) in [5, 5.41) is 9.55. The van der Waals surface area contributed by atoms with Crippen molar-refractivity contribution in [3.8, 4) is 0 Å². The molecular weight excluding hydrogens is 272 g/mol. The van der Waals surface area contributed by atoms with E-state index in [0.29, 0.717) is 0 Å². The SMILES string of the molecule is COCC(O)CN(C)S(=O)(=O)c1ccnc(NN)c1. The van der Waals surface area contributed by atoms with Crippen molar-refractivity contribution in [2.75, 3.05) is 32.7 Å². The largest absolute Gasteiger partial charge is 0.389 e. The molecule has 0 radical (unpaired) electrons. The summed E-state index contributed by atoms with van der Waals surface area (Å²) in [6, 6.07) is 2.67. The Labute approximate surface area is 112 Å². The Morgan fingerprint density at radius 1 is 1.63 bits per heavy atom. The lowest BCUT2D eigenvalue weighted by Crippen LogP contribution is -2.36. The smallest absolute Gasteiger partial charge is 0.243 e. The molecule has 0 spiro atoms. The summed E-state index contributed by atoms with van der Waals surface area (Å²) in [6.45, 7) is -0.00427. The number of nitrogen functional groups attached to an aromatic ring is 1. The summed E-state index contributed by atoms with van der Waals surface area (Å²) in [7, 11) is -0.893. The fourth-order valence-corrected chi connectivity index (χ4v) is 2.69. The van der Waals surface area contributed by atoms with Crippen LogP contribution >= 0.6 is 0 Å². The second-order valence-electron chi connectivity index (χ2n) is 3.92. The van der Waals surface area contributed by atoms with Gasteiger partial charge in [0.25, 0.3) is 0 Å². The zero-order valence-electron chi connectivity index (χ0n) is 10.8. The van der Waals surface area contributed by atoms with Crippen LogP contribution in [0.25, 0.3) is 0 Å². The zero-order valence-corrected chi connectivity index (χ0v) is 11.6. The average Bonchev–Trinajstić information content (AvgIpc) is 2.38. The lowest BCUT2D eigenvalue weighted by atomic mass is 10.4. The molecule has 1 atom stereocenters. The molecule has 9 heteroatoms. The van der Waals surface area contributed by atoms with Crippen molar-refractivity contribution in [2.45, 2.75) is 11.0 Å². The van der Waals surface area contributed by atoms with Gasteiger partial charge in [0.15, 0.2) is 0 Å². The quantitative estimate of drug-likeness (QED) is 0.435. The third-order valence-corrected chi connectivity index (χ3v) is 4.23. The normalized spacial score (nSPS) is 13.5. The molecule has 0 saturated heterocycles. The molecule has 0 aliphatic carbocycles. The molecule has 19 heavy (non-hydrogen) atoms. The van der Waals surface area contributed by atoms with Crippen LogP contribution in [0, 0.1) is 0 Å². The molecule has 108 valence electrons. The first kappa shape index (κ1) is 15.8. The van der Waals surface area contributed by atoms with Gasteiger partial charge in [-0.05, 0) is 6.07 Å². The Kier molecular flexibility index (Phi) is 5.63. The topological polar surface area (TPSA) is 118 Å². The average molecular weight is 290 g/mol. The first-order valence-electron chi connectivity index (χ1n) is 5.47. The number of aromatic nitrogens is 1. The maximum atomic E-state index is 12.2. The molecule has 1 aromatic rings. The Morgan fingerprint density at radius 3 is 2.89 bits per heavy atom. The number of nitrogens with one attached hydrogen (secondary N) is 1. The summed E-state index contributed by atoms with van der Waals surface area (Å²) in [5.74, 6) is 5.42. The number of sulfonamides is 1. The number of rotatable bonds is 7. The number of pyridine rings is 1. The van der Waals surface area contributed by atoms with Crippen LogP contribution in [0.3, 0.4) is 0 Å². The number of aliphatic hydroxyl groups is 1. The van der Waals surface area contributed by atoms with Crippen LogP contribution in [0.1, 0.15) is 0 Å². The molecule has 0 aromatic carbocycles. The molecule has 8 nitrogen and oxygen atoms in total. The van der Waals surface area contributed by atoms with Crippen LogP contribution < -0.4 is 11.3 Å². The standard InChI is InChI=1S/C10H18N4O4S/c1-14(6-8(15)7-18-2)19(16,17)9-3-4-12-10(5-9)13-11/h3-5,8,15H,6-7,11H2,1-2H3,(H,12,13). The maximum Gasteiger partial charge on any atom is 0.243 e. The monoisotopic (exact) mass is 290 g/mol. The van der Waals surface area contributed by atoms with Crippen molar-refractivity contribution in [1.82, 2.24) is 9.29 Å². The van der Waals surface area contributed by atoms with Crippen LogP contribution in [0.5, 0.6) is 0 Å². The van der Waals surface area contributed by atoms with Gasteiger partial charge in [0.05, 0.1) is 17.6 Å². The summed E-state index contributed by atoms with van der Waals surface area (Å²) in [4.78, 5) is 3.88. The Morgan fingerprint density at radius 2 is 2.32 bits per heavy atom. The molecule has 0 aliphatic rings. The van der Waals surface area contributed by atoms with Crippen molar-refractivity contribution >= 4 is 15.8 Å². The predicted octanol–water partition coefficient (Wildman–Crippen LogP) is -1.00. The number of hydrogen-bond acceptors (Lipinski definition) is 7. The van der Waals surface area contributed by atoms with E-state index in [4.69, 9.17) is 10.6 Å². The molecule has 1 rings (SSSR count). The zero-order chi connectivity index (χ0) is 14.5. The molecule has 0 aliphatic heterocycles. The van der Waals surface area contributed by atoms with Gasteiger partial charge in [-0.3, -0.25) is 0 Å². The highest BCUT2D eigenvalue weighted by molar-refractivity contribution is 7.89. The summed E-state index contributed by atoms with van der Waals surface area (Å²) in [5.41, 5.74) is 2.28. The highest BCUT2D eigenvalue weighted by Crippen LogP contribution is 2.16. The van der Waals surface area contributed by atoms with Crippen molar-refractivity contribution < 1.29 is 18.3 Å². The van der Waals surface area contributed by atoms with Gasteiger partial charge in [-0.15, -0.1) is 0 Å². The number of ether oxygens (including phenoxy) is 1. The minimum Gasteiger partial charge on any atom is -0.389 e. The second kappa shape index (κ2) is 6.78. The van der Waals surface area contributed by atoms with Crippen LogP contribution in [-0.2, 0) is 14.8 Å². The van der Waals surface area contributed by atoms with Crippen LogP contribution in [-0.4, -0.2) is 56.2 Å². The van der Waals surface area contributed by atoms with Crippen LogP contribution in [0.2, 0.25) is 0 Å². The lowest BCUT2D eigenvalue weighted by molar-refractivity contribution is 0.0554. The van der Waals surface area contributed by atoms with Crippen LogP contribution in [0.15, 0.2) is 23.2 Å². The van der Waals surface area contributed by atoms with E-state index < -0.39 is 16.1 Å². The number of hydrazine groups is 1. The van der Waals surface area contributed by atoms with E-state index in [9.17, 15) is 13.5 Å². The molecule has 4 N–H and O–H groups in total. The third-order valence-electron chi connectivity index (χ3n) is 2.41. The van der Waals surface area contributed by atoms with Gasteiger partial charge < -0.3 is 15.3 Å². The van der Waals surface area contributed by atoms with E-state index >= 15 is 0 Å². The minimum absolute atomic E-state index is 0.0440. The Hall–Kier alpha value is -1.26. The van der Waals surface area contributed by atoms with Crippen LogP contribution in [0.4, 0.5) is 5.82 Å². The van der Waals surface area contributed by atoms with Gasteiger partial charge in [-0.2, -0.15) is 4.31 Å². The van der Waals surface area contributed by atoms with E-state index in [1.165, 1.54) is 32.5 Å². The van der Waals surface area contributed by atoms with E-state index in [0.717, 1.165) is 4.31 Å². The first-order chi connectivity index (χ1) is 8.91. The second-order valence-corrected chi connectivity index (χ2v) is 5.96. The van der Waals surface area contributed by atoms with E-state index in [2.05, 4.69) is 10.4 Å². The molecular formula is C10H18N4O4S. The van der Waals surface area contributed by atoms with Gasteiger partial charge in [-0.1, -0.05) is 0 Å². The van der Waals surface area contributed by atoms with Gasteiger partial charge >= 0.3 is 0 Å². The van der Waals surface area contributed by atoms with E-state index in [1.54, 1.807) is 0 Å². The molecule has 0 saturated carbocycles. The Balaban J connectivity index is 2.90. The molecule has 0 amide bonds. The third kappa shape index (κ3) is 4.11. The lowest BCUT2D eigenvalue weighted by Gasteiger charge is -2.20.